The summed E-state index contributed by atoms with van der Waals surface area (Å²) < 4.78 is 5.39. The summed E-state index contributed by atoms with van der Waals surface area (Å²) in [5, 5.41) is 12.2. The van der Waals surface area contributed by atoms with E-state index in [2.05, 4.69) is 30.3 Å². The fraction of sp³-hybridized carbons (Fsp3) is 0.556. The van der Waals surface area contributed by atoms with Gasteiger partial charge in [0, 0.05) is 38.4 Å². The molecular formula is C18H24N6O2S. The van der Waals surface area contributed by atoms with Gasteiger partial charge in [-0.05, 0) is 31.9 Å². The lowest BCUT2D eigenvalue weighted by molar-refractivity contribution is 0.0934. The molecule has 4 rings (SSSR count). The molecular weight excluding hydrogens is 364 g/mol. The van der Waals surface area contributed by atoms with Crippen LogP contribution >= 0.6 is 11.3 Å². The minimum absolute atomic E-state index is 0.0116. The van der Waals surface area contributed by atoms with Crippen LogP contribution in [-0.4, -0.2) is 66.5 Å². The zero-order valence-electron chi connectivity index (χ0n) is 15.4. The quantitative estimate of drug-likeness (QED) is 0.849. The Morgan fingerprint density at radius 1 is 1.22 bits per heavy atom. The third-order valence-electron chi connectivity index (χ3n) is 4.99. The molecule has 1 N–H and O–H groups in total. The molecule has 0 saturated carbocycles. The number of carbonyl (C=O) groups is 1. The number of piperidine rings is 1. The molecule has 27 heavy (non-hydrogen) atoms. The first-order valence-electron chi connectivity index (χ1n) is 9.34. The lowest BCUT2D eigenvalue weighted by Crippen LogP contribution is -2.45. The fourth-order valence-electron chi connectivity index (χ4n) is 3.45. The average molecular weight is 388 g/mol. The third kappa shape index (κ3) is 4.19. The van der Waals surface area contributed by atoms with Gasteiger partial charge in [-0.2, -0.15) is 5.10 Å². The van der Waals surface area contributed by atoms with Gasteiger partial charge < -0.3 is 19.9 Å². The highest BCUT2D eigenvalue weighted by molar-refractivity contribution is 7.17. The standard InChI is InChI=1S/C18H24N6O2S/c1-13-16(27-18(20-13)24-9-11-26-12-10-24)17(25)21-14-4-7-23(8-5-14)15-3-2-6-19-22-15/h2-3,6,14H,4-5,7-12H2,1H3,(H,21,25). The van der Waals surface area contributed by atoms with Crippen LogP contribution in [0.15, 0.2) is 18.3 Å². The lowest BCUT2D eigenvalue weighted by atomic mass is 10.0. The number of nitrogens with one attached hydrogen (secondary N) is 1. The van der Waals surface area contributed by atoms with Gasteiger partial charge in [0.1, 0.15) is 4.88 Å². The SMILES string of the molecule is Cc1nc(N2CCOCC2)sc1C(=O)NC1CCN(c2cccnn2)CC1. The molecule has 4 heterocycles. The topological polar surface area (TPSA) is 83.5 Å². The largest absolute Gasteiger partial charge is 0.378 e. The molecule has 0 unspecified atom stereocenters. The van der Waals surface area contributed by atoms with E-state index in [1.807, 2.05) is 19.1 Å². The molecule has 2 saturated heterocycles. The van der Waals surface area contributed by atoms with Crippen LogP contribution in [0, 0.1) is 6.92 Å². The van der Waals surface area contributed by atoms with Crippen LogP contribution in [0.25, 0.3) is 0 Å². The first kappa shape index (κ1) is 18.1. The molecule has 2 aliphatic rings. The van der Waals surface area contributed by atoms with E-state index in [4.69, 9.17) is 4.74 Å². The second-order valence-corrected chi connectivity index (χ2v) is 7.80. The molecule has 8 nitrogen and oxygen atoms in total. The second-order valence-electron chi connectivity index (χ2n) is 6.83. The first-order chi connectivity index (χ1) is 13.2. The summed E-state index contributed by atoms with van der Waals surface area (Å²) in [7, 11) is 0. The van der Waals surface area contributed by atoms with Crippen LogP contribution in [0.5, 0.6) is 0 Å². The molecule has 0 aliphatic carbocycles. The van der Waals surface area contributed by atoms with E-state index in [9.17, 15) is 4.79 Å². The smallest absolute Gasteiger partial charge is 0.263 e. The predicted octanol–water partition coefficient (Wildman–Crippen LogP) is 1.48. The molecule has 2 aromatic rings. The Morgan fingerprint density at radius 2 is 2.00 bits per heavy atom. The van der Waals surface area contributed by atoms with E-state index in [0.717, 1.165) is 55.7 Å². The van der Waals surface area contributed by atoms with Crippen molar-refractivity contribution in [2.75, 3.05) is 49.2 Å². The van der Waals surface area contributed by atoms with E-state index >= 15 is 0 Å². The monoisotopic (exact) mass is 388 g/mol. The van der Waals surface area contributed by atoms with Gasteiger partial charge in [0.2, 0.25) is 0 Å². The van der Waals surface area contributed by atoms with E-state index in [-0.39, 0.29) is 11.9 Å². The summed E-state index contributed by atoms with van der Waals surface area (Å²) in [4.78, 5) is 22.5. The highest BCUT2D eigenvalue weighted by atomic mass is 32.1. The summed E-state index contributed by atoms with van der Waals surface area (Å²) in [6, 6.07) is 4.05. The summed E-state index contributed by atoms with van der Waals surface area (Å²) in [5.74, 6) is 0.887. The normalized spacial score (nSPS) is 18.6. The molecule has 0 radical (unpaired) electrons. The van der Waals surface area contributed by atoms with Crippen LogP contribution in [0.2, 0.25) is 0 Å². The van der Waals surface area contributed by atoms with Crippen molar-refractivity contribution < 1.29 is 9.53 Å². The van der Waals surface area contributed by atoms with E-state index in [1.165, 1.54) is 11.3 Å². The number of amides is 1. The minimum atomic E-state index is -0.0116. The molecule has 0 spiro atoms. The number of aryl methyl sites for hydroxylation is 1. The second kappa shape index (κ2) is 8.18. The van der Waals surface area contributed by atoms with Crippen molar-refractivity contribution >= 4 is 28.2 Å². The Hall–Kier alpha value is -2.26. The molecule has 2 fully saturated rings. The lowest BCUT2D eigenvalue weighted by Gasteiger charge is -2.32. The number of carbonyl (C=O) groups excluding carboxylic acids is 1. The number of anilines is 2. The fourth-order valence-corrected chi connectivity index (χ4v) is 4.47. The first-order valence-corrected chi connectivity index (χ1v) is 10.2. The Labute approximate surface area is 162 Å². The highest BCUT2D eigenvalue weighted by Crippen LogP contribution is 2.27. The number of thiazole rings is 1. The number of hydrogen-bond acceptors (Lipinski definition) is 8. The molecule has 2 aliphatic heterocycles. The van der Waals surface area contributed by atoms with Crippen LogP contribution in [0.3, 0.4) is 0 Å². The van der Waals surface area contributed by atoms with E-state index < -0.39 is 0 Å². The van der Waals surface area contributed by atoms with Crippen LogP contribution in [0.4, 0.5) is 10.9 Å². The van der Waals surface area contributed by atoms with Gasteiger partial charge >= 0.3 is 0 Å². The Bertz CT molecular complexity index is 769. The van der Waals surface area contributed by atoms with Crippen LogP contribution in [0.1, 0.15) is 28.2 Å². The zero-order valence-corrected chi connectivity index (χ0v) is 16.2. The minimum Gasteiger partial charge on any atom is -0.378 e. The molecule has 2 aromatic heterocycles. The molecule has 0 aromatic carbocycles. The van der Waals surface area contributed by atoms with Gasteiger partial charge in [-0.15, -0.1) is 5.10 Å². The van der Waals surface area contributed by atoms with E-state index in [1.54, 1.807) is 6.20 Å². The molecule has 0 bridgehead atoms. The van der Waals surface area contributed by atoms with E-state index in [0.29, 0.717) is 18.1 Å². The molecule has 144 valence electrons. The Balaban J connectivity index is 1.34. The number of aromatic nitrogens is 3. The van der Waals surface area contributed by atoms with Gasteiger partial charge in [0.15, 0.2) is 10.9 Å². The van der Waals surface area contributed by atoms with Gasteiger partial charge in [0.05, 0.1) is 18.9 Å². The Morgan fingerprint density at radius 3 is 2.70 bits per heavy atom. The van der Waals surface area contributed by atoms with Crippen LogP contribution in [-0.2, 0) is 4.74 Å². The van der Waals surface area contributed by atoms with Crippen molar-refractivity contribution in [3.05, 3.63) is 28.9 Å². The van der Waals surface area contributed by atoms with Gasteiger partial charge in [-0.25, -0.2) is 4.98 Å². The number of morpholine rings is 1. The molecule has 0 atom stereocenters. The molecule has 9 heteroatoms. The van der Waals surface area contributed by atoms with Crippen molar-refractivity contribution in [1.82, 2.24) is 20.5 Å². The van der Waals surface area contributed by atoms with Crippen molar-refractivity contribution in [3.63, 3.8) is 0 Å². The predicted molar refractivity (Wildman–Crippen MR) is 105 cm³/mol. The van der Waals surface area contributed by atoms with Gasteiger partial charge in [0.25, 0.3) is 5.91 Å². The van der Waals surface area contributed by atoms with Crippen molar-refractivity contribution in [2.24, 2.45) is 0 Å². The number of rotatable bonds is 4. The average Bonchev–Trinajstić information content (AvgIpc) is 3.12. The summed E-state index contributed by atoms with van der Waals surface area (Å²) in [6.45, 7) is 6.72. The number of hydrogen-bond donors (Lipinski definition) is 1. The zero-order chi connectivity index (χ0) is 18.6. The number of nitrogens with zero attached hydrogens (tertiary/aromatic N) is 5. The maximum absolute atomic E-state index is 12.8. The van der Waals surface area contributed by atoms with Crippen molar-refractivity contribution in [1.29, 1.82) is 0 Å². The summed E-state index contributed by atoms with van der Waals surface area (Å²) >= 11 is 1.48. The molecule has 1 amide bonds. The summed E-state index contributed by atoms with van der Waals surface area (Å²) in [5.41, 5.74) is 0.802. The van der Waals surface area contributed by atoms with Crippen molar-refractivity contribution in [2.45, 2.75) is 25.8 Å². The van der Waals surface area contributed by atoms with Crippen LogP contribution < -0.4 is 15.1 Å². The number of ether oxygens (including phenoxy) is 1. The van der Waals surface area contributed by atoms with Gasteiger partial charge in [-0.1, -0.05) is 11.3 Å². The Kier molecular flexibility index (Phi) is 5.49. The maximum Gasteiger partial charge on any atom is 0.263 e. The van der Waals surface area contributed by atoms with Crippen molar-refractivity contribution in [3.8, 4) is 0 Å². The van der Waals surface area contributed by atoms with Gasteiger partial charge in [-0.3, -0.25) is 4.79 Å². The third-order valence-corrected chi connectivity index (χ3v) is 6.20. The maximum atomic E-state index is 12.8. The highest BCUT2D eigenvalue weighted by Gasteiger charge is 2.25. The summed E-state index contributed by atoms with van der Waals surface area (Å²) in [6.07, 6.45) is 3.48.